The molecular weight excluding hydrogens is 401 g/mol. The largest absolute Gasteiger partial charge is 0.338 e. The molecule has 1 aromatic carbocycles. The van der Waals surface area contributed by atoms with Crippen molar-refractivity contribution in [2.45, 2.75) is 54.4 Å². The molecule has 0 aromatic heterocycles. The lowest BCUT2D eigenvalue weighted by atomic mass is 9.91. The van der Waals surface area contributed by atoms with E-state index in [0.29, 0.717) is 24.0 Å². The van der Waals surface area contributed by atoms with E-state index < -0.39 is 5.82 Å². The molecule has 1 aliphatic rings. The molecule has 1 unspecified atom stereocenters. The van der Waals surface area contributed by atoms with E-state index in [4.69, 9.17) is 11.6 Å². The Labute approximate surface area is 186 Å². The number of benzene rings is 1. The van der Waals surface area contributed by atoms with Crippen LogP contribution in [0, 0.1) is 17.7 Å². The molecule has 30 heavy (non-hydrogen) atoms. The van der Waals surface area contributed by atoms with E-state index in [1.807, 2.05) is 32.7 Å². The Bertz CT molecular complexity index is 789. The van der Waals surface area contributed by atoms with Gasteiger partial charge < -0.3 is 4.90 Å². The van der Waals surface area contributed by atoms with Gasteiger partial charge in [0.05, 0.1) is 5.56 Å². The van der Waals surface area contributed by atoms with Crippen molar-refractivity contribution in [3.63, 3.8) is 0 Å². The third-order valence-corrected chi connectivity index (χ3v) is 4.86. The number of amides is 1. The van der Waals surface area contributed by atoms with E-state index in [0.717, 1.165) is 24.2 Å². The summed E-state index contributed by atoms with van der Waals surface area (Å²) >= 11 is 5.97. The van der Waals surface area contributed by atoms with Gasteiger partial charge in [-0.2, -0.15) is 5.10 Å². The number of hydrogen-bond acceptors (Lipinski definition) is 3. The number of hydrazone groups is 1. The smallest absolute Gasteiger partial charge is 0.256 e. The van der Waals surface area contributed by atoms with E-state index >= 15 is 0 Å². The third-order valence-electron chi connectivity index (χ3n) is 4.63. The molecule has 1 aromatic rings. The average Bonchev–Trinajstić information content (AvgIpc) is 2.73. The molecule has 1 fully saturated rings. The fraction of sp³-hybridized carbons (Fsp3) is 0.500. The number of halogens is 2. The van der Waals surface area contributed by atoms with Crippen LogP contribution in [0.15, 0.2) is 47.3 Å². The van der Waals surface area contributed by atoms with Gasteiger partial charge in [-0.3, -0.25) is 4.79 Å². The summed E-state index contributed by atoms with van der Waals surface area (Å²) in [6, 6.07) is 4.08. The zero-order chi connectivity index (χ0) is 22.8. The number of rotatable bonds is 6. The highest BCUT2D eigenvalue weighted by molar-refractivity contribution is 6.31. The van der Waals surface area contributed by atoms with E-state index in [1.165, 1.54) is 18.2 Å². The number of likely N-dealkylation sites (tertiary alicyclic amines) is 1. The molecule has 1 amide bonds. The lowest BCUT2D eigenvalue weighted by Gasteiger charge is -2.37. The molecule has 6 heteroatoms. The van der Waals surface area contributed by atoms with Crippen molar-refractivity contribution < 1.29 is 9.18 Å². The Kier molecular flexibility index (Phi) is 10.8. The second-order valence-electron chi connectivity index (χ2n) is 7.47. The Hall–Kier alpha value is -2.14. The van der Waals surface area contributed by atoms with Crippen molar-refractivity contribution in [2.75, 3.05) is 13.1 Å². The van der Waals surface area contributed by atoms with Gasteiger partial charge >= 0.3 is 0 Å². The SMILES string of the molecule is C=C(C)N(/N=C\C)/C(=C\C(C)C)C1CCCN(C(=O)c2cc(Cl)ccc2F)C1.CC. The van der Waals surface area contributed by atoms with Crippen LogP contribution in [0.1, 0.15) is 64.7 Å². The number of hydrogen-bond donors (Lipinski definition) is 0. The van der Waals surface area contributed by atoms with E-state index in [1.54, 1.807) is 11.1 Å². The van der Waals surface area contributed by atoms with Crippen molar-refractivity contribution in [3.8, 4) is 0 Å². The van der Waals surface area contributed by atoms with Crippen LogP contribution in [-0.2, 0) is 0 Å². The highest BCUT2D eigenvalue weighted by Gasteiger charge is 2.30. The standard InChI is InChI=1S/C22H29ClFN3O.C2H6/c1-6-25-27(16(4)5)21(12-15(2)3)17-8-7-11-26(14-17)22(28)19-13-18(23)9-10-20(19)24;1-2/h6,9-10,12-13,15,17H,4,7-8,11,14H2,1-3,5H3;1-2H3/b21-12-,25-6-;. The summed E-state index contributed by atoms with van der Waals surface area (Å²) in [5.74, 6) is -0.453. The number of piperidine rings is 1. The first kappa shape index (κ1) is 25.9. The molecule has 166 valence electrons. The molecule has 0 spiro atoms. The van der Waals surface area contributed by atoms with Gasteiger partial charge in [0.25, 0.3) is 5.91 Å². The Morgan fingerprint density at radius 1 is 1.40 bits per heavy atom. The zero-order valence-electron chi connectivity index (χ0n) is 19.1. The van der Waals surface area contributed by atoms with Crippen LogP contribution >= 0.6 is 11.6 Å². The Morgan fingerprint density at radius 2 is 2.07 bits per heavy atom. The maximum absolute atomic E-state index is 14.2. The van der Waals surface area contributed by atoms with E-state index in [2.05, 4.69) is 31.6 Å². The number of nitrogens with zero attached hydrogens (tertiary/aromatic N) is 3. The molecule has 0 saturated carbocycles. The van der Waals surface area contributed by atoms with Gasteiger partial charge in [-0.25, -0.2) is 9.40 Å². The minimum atomic E-state index is -0.548. The first-order chi connectivity index (χ1) is 14.2. The Balaban J connectivity index is 0.00000218. The van der Waals surface area contributed by atoms with Crippen molar-refractivity contribution in [1.82, 2.24) is 9.91 Å². The zero-order valence-corrected chi connectivity index (χ0v) is 19.8. The minimum Gasteiger partial charge on any atom is -0.338 e. The summed E-state index contributed by atoms with van der Waals surface area (Å²) in [6.07, 6.45) is 5.67. The summed E-state index contributed by atoms with van der Waals surface area (Å²) in [4.78, 5) is 14.7. The highest BCUT2D eigenvalue weighted by Crippen LogP contribution is 2.31. The normalized spacial score (nSPS) is 17.0. The molecule has 1 aliphatic heterocycles. The molecule has 2 rings (SSSR count). The van der Waals surface area contributed by atoms with Gasteiger partial charge in [-0.05, 0) is 50.8 Å². The van der Waals surface area contributed by atoms with Crippen LogP contribution in [0.2, 0.25) is 5.02 Å². The topological polar surface area (TPSA) is 35.9 Å². The number of allylic oxidation sites excluding steroid dienone is 2. The fourth-order valence-corrected chi connectivity index (χ4v) is 3.63. The summed E-state index contributed by atoms with van der Waals surface area (Å²) in [5.41, 5.74) is 1.87. The van der Waals surface area contributed by atoms with Crippen LogP contribution in [0.5, 0.6) is 0 Å². The van der Waals surface area contributed by atoms with Gasteiger partial charge in [-0.1, -0.05) is 52.0 Å². The highest BCUT2D eigenvalue weighted by atomic mass is 35.5. The van der Waals surface area contributed by atoms with Gasteiger partial charge in [0, 0.05) is 41.6 Å². The van der Waals surface area contributed by atoms with Crippen molar-refractivity contribution in [3.05, 3.63) is 58.7 Å². The summed E-state index contributed by atoms with van der Waals surface area (Å²) in [7, 11) is 0. The lowest BCUT2D eigenvalue weighted by Crippen LogP contribution is -2.42. The molecule has 0 aliphatic carbocycles. The van der Waals surface area contributed by atoms with Crippen molar-refractivity contribution >= 4 is 23.7 Å². The number of carbonyl (C=O) groups excluding carboxylic acids is 1. The molecule has 0 bridgehead atoms. The molecule has 1 atom stereocenters. The second kappa shape index (κ2) is 12.5. The van der Waals surface area contributed by atoms with Crippen molar-refractivity contribution in [2.24, 2.45) is 16.9 Å². The van der Waals surface area contributed by atoms with Gasteiger partial charge in [0.1, 0.15) is 5.82 Å². The van der Waals surface area contributed by atoms with E-state index in [9.17, 15) is 9.18 Å². The average molecular weight is 436 g/mol. The molecular formula is C24H35ClFN3O. The van der Waals surface area contributed by atoms with Crippen LogP contribution in [0.3, 0.4) is 0 Å². The van der Waals surface area contributed by atoms with Gasteiger partial charge in [0.2, 0.25) is 0 Å². The predicted octanol–water partition coefficient (Wildman–Crippen LogP) is 6.74. The molecule has 4 nitrogen and oxygen atoms in total. The van der Waals surface area contributed by atoms with Crippen LogP contribution < -0.4 is 0 Å². The summed E-state index contributed by atoms with van der Waals surface area (Å²) in [5, 5.41) is 6.66. The van der Waals surface area contributed by atoms with E-state index in [-0.39, 0.29) is 17.4 Å². The molecule has 0 N–H and O–H groups in total. The van der Waals surface area contributed by atoms with Gasteiger partial charge in [0.15, 0.2) is 0 Å². The maximum atomic E-state index is 14.2. The second-order valence-corrected chi connectivity index (χ2v) is 7.91. The Morgan fingerprint density at radius 3 is 2.63 bits per heavy atom. The third kappa shape index (κ3) is 6.98. The van der Waals surface area contributed by atoms with Crippen LogP contribution in [-0.4, -0.2) is 35.1 Å². The molecule has 1 saturated heterocycles. The monoisotopic (exact) mass is 435 g/mol. The van der Waals surface area contributed by atoms with Gasteiger partial charge in [-0.15, -0.1) is 0 Å². The van der Waals surface area contributed by atoms with Crippen LogP contribution in [0.4, 0.5) is 4.39 Å². The summed E-state index contributed by atoms with van der Waals surface area (Å²) < 4.78 is 14.2. The van der Waals surface area contributed by atoms with Crippen molar-refractivity contribution in [1.29, 1.82) is 0 Å². The predicted molar refractivity (Wildman–Crippen MR) is 125 cm³/mol. The van der Waals surface area contributed by atoms with Crippen LogP contribution in [0.25, 0.3) is 0 Å². The minimum absolute atomic E-state index is 0.0193. The first-order valence-corrected chi connectivity index (χ1v) is 11.0. The first-order valence-electron chi connectivity index (χ1n) is 10.6. The quantitative estimate of drug-likeness (QED) is 0.366. The summed E-state index contributed by atoms with van der Waals surface area (Å²) in [6.45, 7) is 17.1. The molecule has 1 heterocycles. The number of carbonyl (C=O) groups is 1. The molecule has 0 radical (unpaired) electrons. The fourth-order valence-electron chi connectivity index (χ4n) is 3.46. The lowest BCUT2D eigenvalue weighted by molar-refractivity contribution is 0.0674. The maximum Gasteiger partial charge on any atom is 0.256 e.